The van der Waals surface area contributed by atoms with Crippen LogP contribution in [-0.2, 0) is 0 Å². The molecule has 126 valence electrons. The lowest BCUT2D eigenvalue weighted by Gasteiger charge is -2.11. The van der Waals surface area contributed by atoms with E-state index in [1.807, 2.05) is 32.0 Å². The molecule has 3 rings (SSSR count). The fraction of sp³-hybridized carbons (Fsp3) is 0.105. The Bertz CT molecular complexity index is 889. The number of carbonyl (C=O) groups is 1. The van der Waals surface area contributed by atoms with Gasteiger partial charge in [-0.1, -0.05) is 30.3 Å². The topological polar surface area (TPSA) is 66.9 Å². The zero-order chi connectivity index (χ0) is 17.8. The Morgan fingerprint density at radius 2 is 1.60 bits per heavy atom. The van der Waals surface area contributed by atoms with E-state index in [1.165, 1.54) is 24.5 Å². The number of nitrogens with zero attached hydrogens (tertiary/aromatic N) is 2. The lowest BCUT2D eigenvalue weighted by Crippen LogP contribution is -2.14. The molecule has 0 unspecified atom stereocenters. The number of aromatic nitrogens is 2. The van der Waals surface area contributed by atoms with Crippen LogP contribution in [0, 0.1) is 19.7 Å². The molecule has 1 heterocycles. The Kier molecular flexibility index (Phi) is 4.70. The van der Waals surface area contributed by atoms with E-state index in [0.717, 1.165) is 16.8 Å². The van der Waals surface area contributed by atoms with Crippen LogP contribution in [0.2, 0.25) is 0 Å². The molecule has 0 bridgehead atoms. The van der Waals surface area contributed by atoms with Gasteiger partial charge in [0.05, 0.1) is 11.3 Å². The summed E-state index contributed by atoms with van der Waals surface area (Å²) >= 11 is 0. The van der Waals surface area contributed by atoms with Crippen molar-refractivity contribution in [2.75, 3.05) is 10.6 Å². The van der Waals surface area contributed by atoms with Crippen LogP contribution in [0.4, 0.5) is 21.7 Å². The van der Waals surface area contributed by atoms with Gasteiger partial charge in [0.1, 0.15) is 5.82 Å². The number of amides is 1. The highest BCUT2D eigenvalue weighted by Crippen LogP contribution is 2.22. The van der Waals surface area contributed by atoms with E-state index >= 15 is 0 Å². The summed E-state index contributed by atoms with van der Waals surface area (Å²) in [6.45, 7) is 3.98. The Labute approximate surface area is 145 Å². The predicted molar refractivity (Wildman–Crippen MR) is 95.6 cm³/mol. The molecule has 0 aliphatic rings. The van der Waals surface area contributed by atoms with Crippen molar-refractivity contribution in [2.45, 2.75) is 13.8 Å². The first kappa shape index (κ1) is 16.6. The van der Waals surface area contributed by atoms with Crippen molar-refractivity contribution in [3.8, 4) is 0 Å². The molecule has 0 aliphatic heterocycles. The average Bonchev–Trinajstić information content (AvgIpc) is 2.61. The smallest absolute Gasteiger partial charge is 0.258 e. The second-order valence-electron chi connectivity index (χ2n) is 5.62. The number of hydrogen-bond acceptors (Lipinski definition) is 4. The molecule has 0 spiro atoms. The Morgan fingerprint density at radius 1 is 0.960 bits per heavy atom. The second kappa shape index (κ2) is 7.09. The van der Waals surface area contributed by atoms with Crippen LogP contribution >= 0.6 is 0 Å². The molecular formula is C19H17FN4O. The van der Waals surface area contributed by atoms with E-state index in [9.17, 15) is 9.18 Å². The van der Waals surface area contributed by atoms with Gasteiger partial charge in [0.2, 0.25) is 5.95 Å². The highest BCUT2D eigenvalue weighted by Gasteiger charge is 2.11. The van der Waals surface area contributed by atoms with Gasteiger partial charge in [-0.2, -0.15) is 0 Å². The summed E-state index contributed by atoms with van der Waals surface area (Å²) in [5.74, 6) is -0.575. The quantitative estimate of drug-likeness (QED) is 0.748. The van der Waals surface area contributed by atoms with E-state index < -0.39 is 11.7 Å². The summed E-state index contributed by atoms with van der Waals surface area (Å²) < 4.78 is 13.6. The fourth-order valence-corrected chi connectivity index (χ4v) is 2.39. The van der Waals surface area contributed by atoms with Gasteiger partial charge in [-0.15, -0.1) is 0 Å². The molecule has 2 aromatic carbocycles. The van der Waals surface area contributed by atoms with Gasteiger partial charge in [-0.3, -0.25) is 4.79 Å². The van der Waals surface area contributed by atoms with E-state index in [4.69, 9.17) is 0 Å². The third kappa shape index (κ3) is 3.80. The SMILES string of the molecule is Cc1cccc(C)c1Nc1ncc(C(=O)Nc2ccccc2F)cn1. The molecule has 6 heteroatoms. The molecule has 0 atom stereocenters. The van der Waals surface area contributed by atoms with Crippen molar-refractivity contribution in [3.05, 3.63) is 77.4 Å². The van der Waals surface area contributed by atoms with Crippen LogP contribution in [0.5, 0.6) is 0 Å². The molecule has 0 saturated heterocycles. The van der Waals surface area contributed by atoms with Crippen molar-refractivity contribution in [2.24, 2.45) is 0 Å². The first-order valence-corrected chi connectivity index (χ1v) is 7.76. The maximum absolute atomic E-state index is 13.6. The first-order valence-electron chi connectivity index (χ1n) is 7.76. The Hall–Kier alpha value is -3.28. The lowest BCUT2D eigenvalue weighted by atomic mass is 10.1. The minimum atomic E-state index is -0.495. The number of rotatable bonds is 4. The zero-order valence-electron chi connectivity index (χ0n) is 13.9. The van der Waals surface area contributed by atoms with Crippen LogP contribution < -0.4 is 10.6 Å². The molecule has 0 saturated carbocycles. The van der Waals surface area contributed by atoms with Gasteiger partial charge in [-0.25, -0.2) is 14.4 Å². The van der Waals surface area contributed by atoms with Gasteiger partial charge < -0.3 is 10.6 Å². The van der Waals surface area contributed by atoms with Crippen molar-refractivity contribution in [1.29, 1.82) is 0 Å². The third-order valence-corrected chi connectivity index (χ3v) is 3.75. The number of nitrogens with one attached hydrogen (secondary N) is 2. The molecule has 3 aromatic rings. The molecule has 0 radical (unpaired) electrons. The summed E-state index contributed by atoms with van der Waals surface area (Å²) in [5, 5.41) is 5.65. The van der Waals surface area contributed by atoms with E-state index in [-0.39, 0.29) is 11.3 Å². The highest BCUT2D eigenvalue weighted by molar-refractivity contribution is 6.03. The Balaban J connectivity index is 1.74. The number of aryl methyl sites for hydroxylation is 2. The number of halogens is 1. The summed E-state index contributed by atoms with van der Waals surface area (Å²) in [4.78, 5) is 20.5. The summed E-state index contributed by atoms with van der Waals surface area (Å²) in [5.41, 5.74) is 3.45. The predicted octanol–water partition coefficient (Wildman–Crippen LogP) is 4.23. The number of benzene rings is 2. The van der Waals surface area contributed by atoms with Crippen molar-refractivity contribution >= 4 is 23.2 Å². The lowest BCUT2D eigenvalue weighted by molar-refractivity contribution is 0.102. The minimum absolute atomic E-state index is 0.116. The molecule has 2 N–H and O–H groups in total. The van der Waals surface area contributed by atoms with Crippen LogP contribution in [0.3, 0.4) is 0 Å². The summed E-state index contributed by atoms with van der Waals surface area (Å²) in [6.07, 6.45) is 2.80. The van der Waals surface area contributed by atoms with E-state index in [1.54, 1.807) is 12.1 Å². The monoisotopic (exact) mass is 336 g/mol. The number of carbonyl (C=O) groups excluding carboxylic acids is 1. The molecule has 5 nitrogen and oxygen atoms in total. The van der Waals surface area contributed by atoms with Gasteiger partial charge in [0.15, 0.2) is 0 Å². The van der Waals surface area contributed by atoms with E-state index in [2.05, 4.69) is 20.6 Å². The zero-order valence-corrected chi connectivity index (χ0v) is 13.9. The molecule has 1 aromatic heterocycles. The third-order valence-electron chi connectivity index (χ3n) is 3.75. The Morgan fingerprint density at radius 3 is 2.24 bits per heavy atom. The van der Waals surface area contributed by atoms with Gasteiger partial charge in [0, 0.05) is 18.1 Å². The van der Waals surface area contributed by atoms with Crippen LogP contribution in [0.15, 0.2) is 54.9 Å². The van der Waals surface area contributed by atoms with Crippen molar-refractivity contribution in [1.82, 2.24) is 9.97 Å². The maximum atomic E-state index is 13.6. The van der Waals surface area contributed by atoms with Gasteiger partial charge in [0.25, 0.3) is 5.91 Å². The first-order chi connectivity index (χ1) is 12.0. The maximum Gasteiger partial charge on any atom is 0.258 e. The molecule has 25 heavy (non-hydrogen) atoms. The number of para-hydroxylation sites is 2. The van der Waals surface area contributed by atoms with Crippen LogP contribution in [0.25, 0.3) is 0 Å². The average molecular weight is 336 g/mol. The summed E-state index contributed by atoms with van der Waals surface area (Å²) in [7, 11) is 0. The number of hydrogen-bond donors (Lipinski definition) is 2. The fourth-order valence-electron chi connectivity index (χ4n) is 2.39. The van der Waals surface area contributed by atoms with Crippen molar-refractivity contribution in [3.63, 3.8) is 0 Å². The highest BCUT2D eigenvalue weighted by atomic mass is 19.1. The largest absolute Gasteiger partial charge is 0.324 e. The number of anilines is 3. The normalized spacial score (nSPS) is 10.4. The minimum Gasteiger partial charge on any atom is -0.324 e. The summed E-state index contributed by atoms with van der Waals surface area (Å²) in [6, 6.07) is 11.9. The molecule has 0 fully saturated rings. The molecular weight excluding hydrogens is 319 g/mol. The molecule has 0 aliphatic carbocycles. The van der Waals surface area contributed by atoms with Gasteiger partial charge >= 0.3 is 0 Å². The molecule has 1 amide bonds. The second-order valence-corrected chi connectivity index (χ2v) is 5.62. The van der Waals surface area contributed by atoms with Gasteiger partial charge in [-0.05, 0) is 37.1 Å². The van der Waals surface area contributed by atoms with Crippen LogP contribution in [-0.4, -0.2) is 15.9 Å². The van der Waals surface area contributed by atoms with E-state index in [0.29, 0.717) is 5.95 Å². The van der Waals surface area contributed by atoms with Crippen LogP contribution in [0.1, 0.15) is 21.5 Å². The standard InChI is InChI=1S/C19H17FN4O/c1-12-6-5-7-13(2)17(12)24-19-21-10-14(11-22-19)18(25)23-16-9-4-3-8-15(16)20/h3-11H,1-2H3,(H,23,25)(H,21,22,24). The van der Waals surface area contributed by atoms with Crippen molar-refractivity contribution < 1.29 is 9.18 Å².